The molecule has 2 atom stereocenters. The number of halogens is 1. The van der Waals surface area contributed by atoms with Crippen molar-refractivity contribution in [2.45, 2.75) is 38.1 Å². The van der Waals surface area contributed by atoms with Crippen LogP contribution in [-0.2, 0) is 4.79 Å². The standard InChI is InChI=1S/C15H21ClN2O2/c1-10-4-3-7-15(17,9-10)14(19)18-11-5-6-13(20-2)12(16)8-11/h5-6,8,10H,3-4,7,9,17H2,1-2H3,(H,18,19). The van der Waals surface area contributed by atoms with Gasteiger partial charge in [-0.05, 0) is 37.0 Å². The summed E-state index contributed by atoms with van der Waals surface area (Å²) in [6.45, 7) is 2.14. The number of anilines is 1. The Morgan fingerprint density at radius 3 is 2.90 bits per heavy atom. The second-order valence-electron chi connectivity index (χ2n) is 5.66. The number of hydrogen-bond donors (Lipinski definition) is 2. The molecule has 1 aliphatic rings. The number of nitrogens with one attached hydrogen (secondary N) is 1. The molecule has 0 aromatic heterocycles. The summed E-state index contributed by atoms with van der Waals surface area (Å²) in [6, 6.07) is 5.16. The summed E-state index contributed by atoms with van der Waals surface area (Å²) in [5.41, 5.74) is 6.13. The lowest BCUT2D eigenvalue weighted by atomic mass is 9.76. The van der Waals surface area contributed by atoms with Crippen molar-refractivity contribution in [3.8, 4) is 5.75 Å². The molecule has 0 bridgehead atoms. The molecule has 0 aliphatic heterocycles. The lowest BCUT2D eigenvalue weighted by Crippen LogP contribution is -2.53. The molecule has 0 spiro atoms. The summed E-state index contributed by atoms with van der Waals surface area (Å²) in [4.78, 5) is 12.4. The zero-order chi connectivity index (χ0) is 14.8. The van der Waals surface area contributed by atoms with Gasteiger partial charge in [-0.1, -0.05) is 31.4 Å². The summed E-state index contributed by atoms with van der Waals surface area (Å²) in [5.74, 6) is 0.933. The third kappa shape index (κ3) is 3.25. The van der Waals surface area contributed by atoms with E-state index < -0.39 is 5.54 Å². The number of methoxy groups -OCH3 is 1. The van der Waals surface area contributed by atoms with Gasteiger partial charge in [0.25, 0.3) is 0 Å². The predicted octanol–water partition coefficient (Wildman–Crippen LogP) is 3.19. The molecule has 1 aromatic rings. The molecule has 2 unspecified atom stereocenters. The average molecular weight is 297 g/mol. The Kier molecular flexibility index (Phi) is 4.55. The van der Waals surface area contributed by atoms with Crippen LogP contribution in [0.5, 0.6) is 5.75 Å². The van der Waals surface area contributed by atoms with Crippen molar-refractivity contribution in [3.05, 3.63) is 23.2 Å². The molecule has 0 heterocycles. The first kappa shape index (κ1) is 15.1. The molecule has 1 fully saturated rings. The Hall–Kier alpha value is -1.26. The first-order valence-corrected chi connectivity index (χ1v) is 7.26. The topological polar surface area (TPSA) is 64.3 Å². The van der Waals surface area contributed by atoms with Gasteiger partial charge in [0.2, 0.25) is 5.91 Å². The molecule has 1 aromatic carbocycles. The molecular weight excluding hydrogens is 276 g/mol. The van der Waals surface area contributed by atoms with Gasteiger partial charge < -0.3 is 15.8 Å². The Balaban J connectivity index is 2.09. The van der Waals surface area contributed by atoms with Crippen LogP contribution in [0.25, 0.3) is 0 Å². The minimum absolute atomic E-state index is 0.134. The smallest absolute Gasteiger partial charge is 0.244 e. The Labute approximate surface area is 124 Å². The van der Waals surface area contributed by atoms with Crippen molar-refractivity contribution < 1.29 is 9.53 Å². The number of carbonyl (C=O) groups excluding carboxylic acids is 1. The van der Waals surface area contributed by atoms with E-state index in [4.69, 9.17) is 22.1 Å². The number of nitrogens with two attached hydrogens (primary N) is 1. The van der Waals surface area contributed by atoms with E-state index in [-0.39, 0.29) is 5.91 Å². The second kappa shape index (κ2) is 6.02. The number of amides is 1. The van der Waals surface area contributed by atoms with Crippen molar-refractivity contribution in [2.24, 2.45) is 11.7 Å². The molecule has 3 N–H and O–H groups in total. The quantitative estimate of drug-likeness (QED) is 0.900. The van der Waals surface area contributed by atoms with Crippen LogP contribution >= 0.6 is 11.6 Å². The molecule has 4 nitrogen and oxygen atoms in total. The fourth-order valence-corrected chi connectivity index (χ4v) is 3.06. The Morgan fingerprint density at radius 2 is 2.30 bits per heavy atom. The van der Waals surface area contributed by atoms with E-state index in [1.165, 1.54) is 0 Å². The van der Waals surface area contributed by atoms with Gasteiger partial charge in [-0.3, -0.25) is 4.79 Å². The Bertz CT molecular complexity index is 507. The predicted molar refractivity (Wildman–Crippen MR) is 81.2 cm³/mol. The minimum Gasteiger partial charge on any atom is -0.495 e. The first-order valence-electron chi connectivity index (χ1n) is 6.88. The molecule has 110 valence electrons. The number of rotatable bonds is 3. The number of hydrogen-bond acceptors (Lipinski definition) is 3. The van der Waals surface area contributed by atoms with Gasteiger partial charge in [0, 0.05) is 5.69 Å². The summed E-state index contributed by atoms with van der Waals surface area (Å²) >= 11 is 6.05. The molecule has 5 heteroatoms. The SMILES string of the molecule is COc1ccc(NC(=O)C2(N)CCCC(C)C2)cc1Cl. The van der Waals surface area contributed by atoms with Crippen LogP contribution < -0.4 is 15.8 Å². The van der Waals surface area contributed by atoms with E-state index >= 15 is 0 Å². The number of ether oxygens (including phenoxy) is 1. The van der Waals surface area contributed by atoms with Crippen LogP contribution in [0.1, 0.15) is 32.6 Å². The summed E-state index contributed by atoms with van der Waals surface area (Å²) in [7, 11) is 1.55. The number of benzene rings is 1. The van der Waals surface area contributed by atoms with Crippen LogP contribution in [0.2, 0.25) is 5.02 Å². The number of carbonyl (C=O) groups is 1. The van der Waals surface area contributed by atoms with Gasteiger partial charge >= 0.3 is 0 Å². The van der Waals surface area contributed by atoms with Gasteiger partial charge in [0.15, 0.2) is 0 Å². The summed E-state index contributed by atoms with van der Waals surface area (Å²) in [6.07, 6.45) is 3.59. The van der Waals surface area contributed by atoms with E-state index in [9.17, 15) is 4.79 Å². The molecule has 1 saturated carbocycles. The van der Waals surface area contributed by atoms with Crippen molar-refractivity contribution in [1.82, 2.24) is 0 Å². The van der Waals surface area contributed by atoms with Gasteiger partial charge in [0.1, 0.15) is 5.75 Å². The van der Waals surface area contributed by atoms with Crippen molar-refractivity contribution in [2.75, 3.05) is 12.4 Å². The van der Waals surface area contributed by atoms with Crippen LogP contribution in [0.3, 0.4) is 0 Å². The van der Waals surface area contributed by atoms with Gasteiger partial charge in [-0.15, -0.1) is 0 Å². The molecule has 1 aliphatic carbocycles. The highest BCUT2D eigenvalue weighted by Gasteiger charge is 2.37. The molecule has 2 rings (SSSR count). The fourth-order valence-electron chi connectivity index (χ4n) is 2.80. The summed E-state index contributed by atoms with van der Waals surface area (Å²) in [5, 5.41) is 3.33. The van der Waals surface area contributed by atoms with E-state index in [0.29, 0.717) is 22.4 Å². The van der Waals surface area contributed by atoms with Crippen molar-refractivity contribution in [3.63, 3.8) is 0 Å². The highest BCUT2D eigenvalue weighted by atomic mass is 35.5. The first-order chi connectivity index (χ1) is 9.44. The third-order valence-corrected chi connectivity index (χ3v) is 4.19. The lowest BCUT2D eigenvalue weighted by Gasteiger charge is -2.35. The van der Waals surface area contributed by atoms with Crippen LogP contribution in [0.4, 0.5) is 5.69 Å². The van der Waals surface area contributed by atoms with Crippen molar-refractivity contribution >= 4 is 23.2 Å². The molecule has 0 radical (unpaired) electrons. The third-order valence-electron chi connectivity index (χ3n) is 3.89. The summed E-state index contributed by atoms with van der Waals surface area (Å²) < 4.78 is 5.09. The van der Waals surface area contributed by atoms with E-state index in [1.807, 2.05) is 0 Å². The molecule has 20 heavy (non-hydrogen) atoms. The average Bonchev–Trinajstić information content (AvgIpc) is 2.38. The van der Waals surface area contributed by atoms with E-state index in [0.717, 1.165) is 25.7 Å². The highest BCUT2D eigenvalue weighted by molar-refractivity contribution is 6.32. The lowest BCUT2D eigenvalue weighted by molar-refractivity contribution is -0.122. The second-order valence-corrected chi connectivity index (χ2v) is 6.07. The van der Waals surface area contributed by atoms with E-state index in [2.05, 4.69) is 12.2 Å². The van der Waals surface area contributed by atoms with Crippen LogP contribution in [0.15, 0.2) is 18.2 Å². The monoisotopic (exact) mass is 296 g/mol. The molecule has 0 saturated heterocycles. The van der Waals surface area contributed by atoms with Gasteiger partial charge in [-0.2, -0.15) is 0 Å². The maximum absolute atomic E-state index is 12.4. The minimum atomic E-state index is -0.774. The fraction of sp³-hybridized carbons (Fsp3) is 0.533. The zero-order valence-electron chi connectivity index (χ0n) is 11.9. The Morgan fingerprint density at radius 1 is 1.55 bits per heavy atom. The molecular formula is C15H21ClN2O2. The largest absolute Gasteiger partial charge is 0.495 e. The normalized spacial score (nSPS) is 26.1. The highest BCUT2D eigenvalue weighted by Crippen LogP contribution is 2.32. The van der Waals surface area contributed by atoms with E-state index in [1.54, 1.807) is 25.3 Å². The maximum Gasteiger partial charge on any atom is 0.244 e. The zero-order valence-corrected chi connectivity index (χ0v) is 12.7. The van der Waals surface area contributed by atoms with Gasteiger partial charge in [-0.25, -0.2) is 0 Å². The molecule has 1 amide bonds. The maximum atomic E-state index is 12.4. The van der Waals surface area contributed by atoms with Crippen LogP contribution in [-0.4, -0.2) is 18.6 Å². The van der Waals surface area contributed by atoms with Gasteiger partial charge in [0.05, 0.1) is 17.7 Å². The van der Waals surface area contributed by atoms with Crippen LogP contribution in [0, 0.1) is 5.92 Å². The van der Waals surface area contributed by atoms with Crippen molar-refractivity contribution in [1.29, 1.82) is 0 Å².